The number of ether oxygens (including phenoxy) is 1. The zero-order valence-electron chi connectivity index (χ0n) is 17.7. The molecule has 0 aliphatic rings. The lowest BCUT2D eigenvalue weighted by atomic mass is 10.00. The number of aliphatic hydroxyl groups is 1. The predicted molar refractivity (Wildman–Crippen MR) is 123 cm³/mol. The van der Waals surface area contributed by atoms with Gasteiger partial charge in [0.15, 0.2) is 0 Å². The van der Waals surface area contributed by atoms with Gasteiger partial charge < -0.3 is 9.84 Å². The normalized spacial score (nSPS) is 12.1. The molecule has 3 rings (SSSR count). The average molecular weight is 419 g/mol. The van der Waals surface area contributed by atoms with Crippen LogP contribution in [0.2, 0.25) is 0 Å². The molecule has 1 N–H and O–H groups in total. The Balaban J connectivity index is 1.66. The molecule has 0 amide bonds. The summed E-state index contributed by atoms with van der Waals surface area (Å²) in [5, 5.41) is 9.27. The van der Waals surface area contributed by atoms with Gasteiger partial charge in [-0.25, -0.2) is 14.4 Å². The number of benzene rings is 2. The van der Waals surface area contributed by atoms with Crippen molar-refractivity contribution in [3.05, 3.63) is 85.0 Å². The minimum Gasteiger partial charge on any atom is -0.459 e. The largest absolute Gasteiger partial charge is 0.459 e. The van der Waals surface area contributed by atoms with Gasteiger partial charge in [0.25, 0.3) is 0 Å². The van der Waals surface area contributed by atoms with Crippen LogP contribution in [0.25, 0.3) is 28.3 Å². The third-order valence-corrected chi connectivity index (χ3v) is 4.80. The fraction of sp³-hybridized carbons (Fsp3) is 0.231. The Kier molecular flexibility index (Phi) is 8.07. The second-order valence-electron chi connectivity index (χ2n) is 7.35. The Hall–Kier alpha value is -3.31. The van der Waals surface area contributed by atoms with Crippen LogP contribution in [0.5, 0.6) is 6.01 Å². The maximum atomic E-state index is 14.5. The number of hydrogen-bond donors (Lipinski definition) is 1. The maximum absolute atomic E-state index is 14.5. The van der Waals surface area contributed by atoms with Crippen molar-refractivity contribution >= 4 is 6.08 Å². The van der Waals surface area contributed by atoms with Gasteiger partial charge in [-0.05, 0) is 48.9 Å². The van der Waals surface area contributed by atoms with Crippen LogP contribution in [0.1, 0.15) is 31.7 Å². The van der Waals surface area contributed by atoms with E-state index in [1.165, 1.54) is 0 Å². The fourth-order valence-electron chi connectivity index (χ4n) is 3.11. The van der Waals surface area contributed by atoms with Gasteiger partial charge in [-0.3, -0.25) is 0 Å². The second kappa shape index (κ2) is 11.2. The van der Waals surface area contributed by atoms with Crippen molar-refractivity contribution in [2.75, 3.05) is 6.61 Å². The van der Waals surface area contributed by atoms with Crippen LogP contribution in [0, 0.1) is 5.82 Å². The standard InChI is InChI=1S/C26H27FN2O2/c1-3-15-31-26-28-17-24(18-29-26)21-11-9-20(10-12-21)23-14-13-22(25(27)16-23)8-6-4-5-7-19(2)30/h3,6,8-14,16-19,30H,1,4-5,7,15H2,2H3. The minimum absolute atomic E-state index is 0.253. The number of allylic oxidation sites excluding steroid dienone is 1. The molecule has 31 heavy (non-hydrogen) atoms. The van der Waals surface area contributed by atoms with E-state index in [1.54, 1.807) is 43.6 Å². The van der Waals surface area contributed by atoms with Gasteiger partial charge in [0.2, 0.25) is 0 Å². The number of nitrogens with zero attached hydrogens (tertiary/aromatic N) is 2. The Morgan fingerprint density at radius 1 is 1.03 bits per heavy atom. The molecule has 160 valence electrons. The Morgan fingerprint density at radius 2 is 1.68 bits per heavy atom. The summed E-state index contributed by atoms with van der Waals surface area (Å²) in [4.78, 5) is 8.38. The van der Waals surface area contributed by atoms with E-state index < -0.39 is 0 Å². The lowest BCUT2D eigenvalue weighted by Crippen LogP contribution is -1.97. The van der Waals surface area contributed by atoms with E-state index >= 15 is 0 Å². The van der Waals surface area contributed by atoms with Gasteiger partial charge in [-0.2, -0.15) is 0 Å². The van der Waals surface area contributed by atoms with Crippen LogP contribution in [-0.4, -0.2) is 27.8 Å². The zero-order chi connectivity index (χ0) is 22.1. The van der Waals surface area contributed by atoms with Gasteiger partial charge in [-0.1, -0.05) is 61.2 Å². The zero-order valence-corrected chi connectivity index (χ0v) is 17.7. The van der Waals surface area contributed by atoms with Crippen LogP contribution in [-0.2, 0) is 0 Å². The van der Waals surface area contributed by atoms with E-state index in [-0.39, 0.29) is 11.9 Å². The molecule has 1 unspecified atom stereocenters. The molecular weight excluding hydrogens is 391 g/mol. The lowest BCUT2D eigenvalue weighted by molar-refractivity contribution is 0.182. The summed E-state index contributed by atoms with van der Waals surface area (Å²) in [6.07, 6.45) is 11.0. The van der Waals surface area contributed by atoms with Crippen molar-refractivity contribution in [3.63, 3.8) is 0 Å². The summed E-state index contributed by atoms with van der Waals surface area (Å²) in [6.45, 7) is 5.73. The molecule has 2 aromatic carbocycles. The maximum Gasteiger partial charge on any atom is 0.316 e. The van der Waals surface area contributed by atoms with Crippen LogP contribution in [0.4, 0.5) is 4.39 Å². The first kappa shape index (κ1) is 22.4. The Labute approximate surface area is 182 Å². The van der Waals surface area contributed by atoms with Crippen LogP contribution in [0.3, 0.4) is 0 Å². The molecule has 0 bridgehead atoms. The molecule has 0 saturated carbocycles. The summed E-state index contributed by atoms with van der Waals surface area (Å²) in [7, 11) is 0. The van der Waals surface area contributed by atoms with Gasteiger partial charge in [0.05, 0.1) is 6.10 Å². The molecule has 1 atom stereocenters. The van der Waals surface area contributed by atoms with E-state index in [9.17, 15) is 9.50 Å². The van der Waals surface area contributed by atoms with Crippen LogP contribution >= 0.6 is 0 Å². The highest BCUT2D eigenvalue weighted by atomic mass is 19.1. The molecule has 1 heterocycles. The summed E-state index contributed by atoms with van der Waals surface area (Å²) in [6, 6.07) is 13.4. The topological polar surface area (TPSA) is 55.2 Å². The molecule has 0 radical (unpaired) electrons. The molecule has 0 spiro atoms. The van der Waals surface area contributed by atoms with Crippen molar-refractivity contribution in [1.82, 2.24) is 9.97 Å². The third kappa shape index (κ3) is 6.59. The monoisotopic (exact) mass is 418 g/mol. The van der Waals surface area contributed by atoms with E-state index in [0.29, 0.717) is 18.2 Å². The van der Waals surface area contributed by atoms with Gasteiger partial charge >= 0.3 is 6.01 Å². The Morgan fingerprint density at radius 3 is 2.29 bits per heavy atom. The van der Waals surface area contributed by atoms with Crippen molar-refractivity contribution in [2.45, 2.75) is 32.3 Å². The first-order chi connectivity index (χ1) is 15.1. The molecular formula is C26H27FN2O2. The van der Waals surface area contributed by atoms with Gasteiger partial charge in [0.1, 0.15) is 12.4 Å². The van der Waals surface area contributed by atoms with Crippen molar-refractivity contribution < 1.29 is 14.2 Å². The molecule has 0 aliphatic carbocycles. The van der Waals surface area contributed by atoms with Crippen LogP contribution in [0.15, 0.2) is 73.6 Å². The van der Waals surface area contributed by atoms with Crippen molar-refractivity contribution in [3.8, 4) is 28.3 Å². The molecule has 0 saturated heterocycles. The first-order valence-corrected chi connectivity index (χ1v) is 10.4. The smallest absolute Gasteiger partial charge is 0.316 e. The number of aliphatic hydroxyl groups excluding tert-OH is 1. The predicted octanol–water partition coefficient (Wildman–Crippen LogP) is 6.08. The first-order valence-electron chi connectivity index (χ1n) is 10.4. The highest BCUT2D eigenvalue weighted by molar-refractivity contribution is 5.70. The van der Waals surface area contributed by atoms with E-state index in [2.05, 4.69) is 16.5 Å². The average Bonchev–Trinajstić information content (AvgIpc) is 2.78. The molecule has 1 aromatic heterocycles. The number of hydrogen-bond acceptors (Lipinski definition) is 4. The fourth-order valence-corrected chi connectivity index (χ4v) is 3.11. The molecule has 3 aromatic rings. The van der Waals surface area contributed by atoms with Gasteiger partial charge in [0, 0.05) is 23.5 Å². The van der Waals surface area contributed by atoms with E-state index in [1.807, 2.05) is 36.4 Å². The lowest BCUT2D eigenvalue weighted by Gasteiger charge is -2.07. The quantitative estimate of drug-likeness (QED) is 0.320. The number of unbranched alkanes of at least 4 members (excludes halogenated alkanes) is 1. The second-order valence-corrected chi connectivity index (χ2v) is 7.35. The number of rotatable bonds is 10. The Bertz CT molecular complexity index is 1010. The van der Waals surface area contributed by atoms with E-state index in [4.69, 9.17) is 4.74 Å². The molecule has 5 heteroatoms. The third-order valence-electron chi connectivity index (χ3n) is 4.80. The summed E-state index contributed by atoms with van der Waals surface area (Å²) < 4.78 is 19.8. The van der Waals surface area contributed by atoms with Crippen molar-refractivity contribution in [1.29, 1.82) is 0 Å². The molecule has 0 aliphatic heterocycles. The highest BCUT2D eigenvalue weighted by Crippen LogP contribution is 2.26. The molecule has 4 nitrogen and oxygen atoms in total. The SMILES string of the molecule is C=CCOc1ncc(-c2ccc(-c3ccc(C=CCCCC(C)O)c(F)c3)cc2)cn1. The minimum atomic E-state index is -0.293. The summed E-state index contributed by atoms with van der Waals surface area (Å²) >= 11 is 0. The van der Waals surface area contributed by atoms with Crippen LogP contribution < -0.4 is 4.74 Å². The summed E-state index contributed by atoms with van der Waals surface area (Å²) in [5.74, 6) is -0.253. The molecule has 0 fully saturated rings. The number of halogens is 1. The van der Waals surface area contributed by atoms with Crippen molar-refractivity contribution in [2.24, 2.45) is 0 Å². The van der Waals surface area contributed by atoms with E-state index in [0.717, 1.165) is 41.5 Å². The highest BCUT2D eigenvalue weighted by Gasteiger charge is 2.06. The number of aromatic nitrogens is 2. The van der Waals surface area contributed by atoms with Gasteiger partial charge in [-0.15, -0.1) is 0 Å². The summed E-state index contributed by atoms with van der Waals surface area (Å²) in [5.41, 5.74) is 4.16.